The van der Waals surface area contributed by atoms with Gasteiger partial charge in [-0.2, -0.15) is 11.8 Å². The molecule has 1 aromatic heterocycles. The fourth-order valence-electron chi connectivity index (χ4n) is 2.55. The number of thioether (sulfide) groups is 1. The zero-order valence-electron chi connectivity index (χ0n) is 18.0. The van der Waals surface area contributed by atoms with Crippen molar-refractivity contribution in [3.63, 3.8) is 0 Å². The molecule has 0 fully saturated rings. The summed E-state index contributed by atoms with van der Waals surface area (Å²) in [6.45, 7) is 5.76. The van der Waals surface area contributed by atoms with Crippen LogP contribution >= 0.6 is 35.7 Å². The maximum atomic E-state index is 13.4. The second kappa shape index (κ2) is 14.4. The first-order valence-electron chi connectivity index (χ1n) is 9.81. The van der Waals surface area contributed by atoms with Crippen molar-refractivity contribution in [2.45, 2.75) is 39.3 Å². The van der Waals surface area contributed by atoms with Crippen molar-refractivity contribution in [2.75, 3.05) is 25.1 Å². The quantitative estimate of drug-likeness (QED) is 0.193. The van der Waals surface area contributed by atoms with E-state index in [1.807, 2.05) is 37.2 Å². The lowest BCUT2D eigenvalue weighted by Crippen LogP contribution is -2.43. The Kier molecular flexibility index (Phi) is 12.7. The van der Waals surface area contributed by atoms with E-state index in [1.165, 1.54) is 12.1 Å². The van der Waals surface area contributed by atoms with E-state index in [4.69, 9.17) is 4.74 Å². The standard InChI is InChI=1S/C20H31FN6OS.HI/c1-5-17(28-18-9-6-8-16(21)12-18)13-23-20(22-10-7-11-29-4)24-14-19-26-25-15(2)27(19)3;/h6,8-9,12,17H,5,7,10-11,13-14H2,1-4H3,(H2,22,23,24);1H. The number of ether oxygens (including phenoxy) is 1. The summed E-state index contributed by atoms with van der Waals surface area (Å²) in [5.41, 5.74) is 0. The van der Waals surface area contributed by atoms with E-state index < -0.39 is 0 Å². The highest BCUT2D eigenvalue weighted by atomic mass is 127. The Hall–Kier alpha value is -1.56. The molecule has 1 atom stereocenters. The molecule has 0 bridgehead atoms. The number of guanidine groups is 1. The van der Waals surface area contributed by atoms with Gasteiger partial charge in [0.2, 0.25) is 0 Å². The van der Waals surface area contributed by atoms with Crippen LogP contribution in [0.15, 0.2) is 29.3 Å². The average Bonchev–Trinajstić information content (AvgIpc) is 3.03. The lowest BCUT2D eigenvalue weighted by molar-refractivity contribution is 0.198. The zero-order chi connectivity index (χ0) is 21.1. The van der Waals surface area contributed by atoms with E-state index in [9.17, 15) is 4.39 Å². The van der Waals surface area contributed by atoms with Crippen LogP contribution in [0.5, 0.6) is 5.75 Å². The second-order valence-corrected chi connectivity index (χ2v) is 7.63. The minimum absolute atomic E-state index is 0. The third-order valence-corrected chi connectivity index (χ3v) is 5.13. The highest BCUT2D eigenvalue weighted by molar-refractivity contribution is 14.0. The molecule has 0 spiro atoms. The highest BCUT2D eigenvalue weighted by Gasteiger charge is 2.11. The summed E-state index contributed by atoms with van der Waals surface area (Å²) < 4.78 is 21.2. The molecule has 2 aromatic rings. The Labute approximate surface area is 199 Å². The molecule has 30 heavy (non-hydrogen) atoms. The molecule has 0 aliphatic heterocycles. The highest BCUT2D eigenvalue weighted by Crippen LogP contribution is 2.14. The smallest absolute Gasteiger partial charge is 0.191 e. The zero-order valence-corrected chi connectivity index (χ0v) is 21.2. The largest absolute Gasteiger partial charge is 0.489 e. The van der Waals surface area contributed by atoms with Crippen LogP contribution in [0.25, 0.3) is 0 Å². The van der Waals surface area contributed by atoms with Crippen LogP contribution in [0.3, 0.4) is 0 Å². The summed E-state index contributed by atoms with van der Waals surface area (Å²) in [5, 5.41) is 14.9. The number of nitrogens with one attached hydrogen (secondary N) is 2. The third-order valence-electron chi connectivity index (χ3n) is 4.43. The number of aliphatic imine (C=N–C) groups is 1. The van der Waals surface area contributed by atoms with Crippen LogP contribution in [0.2, 0.25) is 0 Å². The van der Waals surface area contributed by atoms with Crippen molar-refractivity contribution in [2.24, 2.45) is 12.0 Å². The van der Waals surface area contributed by atoms with E-state index in [0.29, 0.717) is 24.8 Å². The molecule has 0 saturated heterocycles. The first kappa shape index (κ1) is 26.5. The van der Waals surface area contributed by atoms with Crippen molar-refractivity contribution in [1.29, 1.82) is 0 Å². The van der Waals surface area contributed by atoms with Crippen molar-refractivity contribution >= 4 is 41.7 Å². The summed E-state index contributed by atoms with van der Waals surface area (Å²) in [6, 6.07) is 6.21. The van der Waals surface area contributed by atoms with Gasteiger partial charge in [-0.15, -0.1) is 34.2 Å². The lowest BCUT2D eigenvalue weighted by Gasteiger charge is -2.20. The lowest BCUT2D eigenvalue weighted by atomic mass is 10.2. The summed E-state index contributed by atoms with van der Waals surface area (Å²) in [4.78, 5) is 4.64. The maximum Gasteiger partial charge on any atom is 0.191 e. The number of aryl methyl sites for hydroxylation is 1. The first-order valence-corrected chi connectivity index (χ1v) is 11.2. The molecule has 1 heterocycles. The molecule has 1 unspecified atom stereocenters. The topological polar surface area (TPSA) is 76.4 Å². The van der Waals surface area contributed by atoms with Gasteiger partial charge in [0.15, 0.2) is 11.8 Å². The number of nitrogens with zero attached hydrogens (tertiary/aromatic N) is 4. The van der Waals surface area contributed by atoms with Crippen LogP contribution < -0.4 is 15.4 Å². The van der Waals surface area contributed by atoms with E-state index in [0.717, 1.165) is 36.8 Å². The normalized spacial score (nSPS) is 12.2. The molecule has 0 radical (unpaired) electrons. The third kappa shape index (κ3) is 9.07. The minimum Gasteiger partial charge on any atom is -0.489 e. The summed E-state index contributed by atoms with van der Waals surface area (Å²) >= 11 is 1.82. The Morgan fingerprint density at radius 3 is 2.77 bits per heavy atom. The van der Waals surface area contributed by atoms with E-state index >= 15 is 0 Å². The summed E-state index contributed by atoms with van der Waals surface area (Å²) in [5.74, 6) is 3.67. The molecule has 7 nitrogen and oxygen atoms in total. The predicted molar refractivity (Wildman–Crippen MR) is 132 cm³/mol. The van der Waals surface area contributed by atoms with Crippen molar-refractivity contribution in [3.8, 4) is 5.75 Å². The molecule has 10 heteroatoms. The Bertz CT molecular complexity index is 788. The van der Waals surface area contributed by atoms with Gasteiger partial charge in [0.05, 0.1) is 6.54 Å². The number of aromatic nitrogens is 3. The van der Waals surface area contributed by atoms with E-state index in [2.05, 4.69) is 32.1 Å². The van der Waals surface area contributed by atoms with E-state index in [1.54, 1.807) is 12.1 Å². The Morgan fingerprint density at radius 2 is 2.13 bits per heavy atom. The number of halogens is 2. The first-order chi connectivity index (χ1) is 14.0. The monoisotopic (exact) mass is 550 g/mol. The summed E-state index contributed by atoms with van der Waals surface area (Å²) in [6.07, 6.45) is 3.82. The molecule has 0 saturated carbocycles. The van der Waals surface area contributed by atoms with Crippen molar-refractivity contribution < 1.29 is 9.13 Å². The van der Waals surface area contributed by atoms with Gasteiger partial charge in [0.25, 0.3) is 0 Å². The van der Waals surface area contributed by atoms with Gasteiger partial charge in [-0.1, -0.05) is 13.0 Å². The van der Waals surface area contributed by atoms with Gasteiger partial charge in [0.1, 0.15) is 30.0 Å². The van der Waals surface area contributed by atoms with Gasteiger partial charge in [-0.05, 0) is 43.9 Å². The molecule has 168 valence electrons. The minimum atomic E-state index is -0.304. The second-order valence-electron chi connectivity index (χ2n) is 6.65. The van der Waals surface area contributed by atoms with Gasteiger partial charge >= 0.3 is 0 Å². The number of benzene rings is 1. The van der Waals surface area contributed by atoms with Gasteiger partial charge in [-0.3, -0.25) is 0 Å². The molecule has 2 rings (SSSR count). The van der Waals surface area contributed by atoms with Crippen molar-refractivity contribution in [3.05, 3.63) is 41.7 Å². The number of hydrogen-bond donors (Lipinski definition) is 2. The van der Waals surface area contributed by atoms with Crippen LogP contribution in [0.1, 0.15) is 31.4 Å². The van der Waals surface area contributed by atoms with Crippen molar-refractivity contribution in [1.82, 2.24) is 25.4 Å². The predicted octanol–water partition coefficient (Wildman–Crippen LogP) is 3.53. The fraction of sp³-hybridized carbons (Fsp3) is 0.550. The molecule has 0 aliphatic rings. The number of hydrogen-bond acceptors (Lipinski definition) is 5. The van der Waals surface area contributed by atoms with Crippen LogP contribution in [-0.2, 0) is 13.6 Å². The van der Waals surface area contributed by atoms with Gasteiger partial charge in [0, 0.05) is 19.7 Å². The molecular formula is C20H32FIN6OS. The molecule has 2 N–H and O–H groups in total. The van der Waals surface area contributed by atoms with Crippen LogP contribution in [0, 0.1) is 12.7 Å². The molecule has 0 aliphatic carbocycles. The molecule has 0 amide bonds. The Balaban J connectivity index is 0.00000450. The maximum absolute atomic E-state index is 13.4. The van der Waals surface area contributed by atoms with Crippen LogP contribution in [-0.4, -0.2) is 51.9 Å². The van der Waals surface area contributed by atoms with Gasteiger partial charge < -0.3 is 19.9 Å². The molecular weight excluding hydrogens is 518 g/mol. The SMILES string of the molecule is CCC(CNC(=NCc1nnc(C)n1C)NCCCSC)Oc1cccc(F)c1.I. The number of rotatable bonds is 11. The van der Waals surface area contributed by atoms with E-state index in [-0.39, 0.29) is 35.9 Å². The molecule has 1 aromatic carbocycles. The average molecular weight is 550 g/mol. The van der Waals surface area contributed by atoms with Crippen LogP contribution in [0.4, 0.5) is 4.39 Å². The summed E-state index contributed by atoms with van der Waals surface area (Å²) in [7, 11) is 1.93. The fourth-order valence-corrected chi connectivity index (χ4v) is 2.98. The Morgan fingerprint density at radius 1 is 1.33 bits per heavy atom. The van der Waals surface area contributed by atoms with Gasteiger partial charge in [-0.25, -0.2) is 9.38 Å².